The van der Waals surface area contributed by atoms with Crippen molar-refractivity contribution in [3.8, 4) is 0 Å². The van der Waals surface area contributed by atoms with Gasteiger partial charge < -0.3 is 19.3 Å². The summed E-state index contributed by atoms with van der Waals surface area (Å²) in [4.78, 5) is 25.7. The summed E-state index contributed by atoms with van der Waals surface area (Å²) in [6, 6.07) is 2.07. The Hall–Kier alpha value is -2.35. The van der Waals surface area contributed by atoms with Crippen molar-refractivity contribution >= 4 is 17.7 Å². The van der Waals surface area contributed by atoms with E-state index in [0.717, 1.165) is 50.7 Å². The third kappa shape index (κ3) is 4.06. The predicted octanol–water partition coefficient (Wildman–Crippen LogP) is 2.68. The van der Waals surface area contributed by atoms with Crippen LogP contribution in [-0.2, 0) is 9.47 Å². The summed E-state index contributed by atoms with van der Waals surface area (Å²) in [6.45, 7) is 10.2. The van der Waals surface area contributed by atoms with E-state index < -0.39 is 5.60 Å². The fraction of sp³-hybridized carbons (Fsp3) is 0.650. The van der Waals surface area contributed by atoms with Crippen LogP contribution in [0.5, 0.6) is 0 Å². The number of carbonyl (C=O) groups is 1. The molecule has 8 nitrogen and oxygen atoms in total. The summed E-state index contributed by atoms with van der Waals surface area (Å²) in [5, 5.41) is 0. The van der Waals surface area contributed by atoms with Crippen molar-refractivity contribution in [1.82, 2.24) is 19.3 Å². The van der Waals surface area contributed by atoms with Crippen LogP contribution in [0, 0.1) is 0 Å². The third-order valence-corrected chi connectivity index (χ3v) is 5.20. The molecule has 1 atom stereocenters. The van der Waals surface area contributed by atoms with Crippen LogP contribution in [0.25, 0.3) is 5.78 Å². The molecule has 1 unspecified atom stereocenters. The second-order valence-electron chi connectivity index (χ2n) is 8.51. The number of hydrogen-bond acceptors (Lipinski definition) is 6. The van der Waals surface area contributed by atoms with E-state index in [4.69, 9.17) is 14.5 Å². The number of nitrogens with zero attached hydrogens (tertiary/aromatic N) is 5. The van der Waals surface area contributed by atoms with Crippen molar-refractivity contribution in [1.29, 1.82) is 0 Å². The number of imidazole rings is 1. The molecule has 8 heteroatoms. The molecular weight excluding hydrogens is 358 g/mol. The SMILES string of the molecule is CC(C)(C)OC(=O)N1CCCN(c2cnc3nc(C4CCOC4)ccn23)CC1. The minimum Gasteiger partial charge on any atom is -0.444 e. The van der Waals surface area contributed by atoms with Crippen molar-refractivity contribution in [2.45, 2.75) is 45.1 Å². The van der Waals surface area contributed by atoms with Crippen molar-refractivity contribution in [3.05, 3.63) is 24.2 Å². The van der Waals surface area contributed by atoms with Gasteiger partial charge in [-0.05, 0) is 39.7 Å². The minimum atomic E-state index is -0.474. The minimum absolute atomic E-state index is 0.238. The Morgan fingerprint density at radius 2 is 2.11 bits per heavy atom. The first-order chi connectivity index (χ1) is 13.4. The Morgan fingerprint density at radius 1 is 1.25 bits per heavy atom. The normalized spacial score (nSPS) is 21.2. The zero-order valence-electron chi connectivity index (χ0n) is 16.9. The van der Waals surface area contributed by atoms with Crippen molar-refractivity contribution in [2.24, 2.45) is 0 Å². The maximum absolute atomic E-state index is 12.4. The lowest BCUT2D eigenvalue weighted by atomic mass is 10.1. The van der Waals surface area contributed by atoms with Gasteiger partial charge in [-0.1, -0.05) is 0 Å². The van der Waals surface area contributed by atoms with E-state index in [2.05, 4.69) is 22.1 Å². The molecule has 2 fully saturated rings. The molecule has 0 radical (unpaired) electrons. The molecule has 2 aliphatic heterocycles. The van der Waals surface area contributed by atoms with Gasteiger partial charge in [0, 0.05) is 44.9 Å². The monoisotopic (exact) mass is 387 g/mol. The molecule has 2 aromatic rings. The Balaban J connectivity index is 1.47. The van der Waals surface area contributed by atoms with Crippen LogP contribution >= 0.6 is 0 Å². The Morgan fingerprint density at radius 3 is 2.86 bits per heavy atom. The summed E-state index contributed by atoms with van der Waals surface area (Å²) in [5.41, 5.74) is 0.576. The van der Waals surface area contributed by atoms with Gasteiger partial charge >= 0.3 is 6.09 Å². The van der Waals surface area contributed by atoms with Crippen molar-refractivity contribution < 1.29 is 14.3 Å². The average molecular weight is 387 g/mol. The van der Waals surface area contributed by atoms with E-state index in [1.165, 1.54) is 0 Å². The largest absolute Gasteiger partial charge is 0.444 e. The fourth-order valence-corrected chi connectivity index (χ4v) is 3.76. The lowest BCUT2D eigenvalue weighted by Gasteiger charge is -2.26. The number of ether oxygens (including phenoxy) is 2. The van der Waals surface area contributed by atoms with E-state index >= 15 is 0 Å². The van der Waals surface area contributed by atoms with Crippen LogP contribution in [0.1, 0.15) is 45.2 Å². The smallest absolute Gasteiger partial charge is 0.410 e. The Labute approximate surface area is 165 Å². The summed E-state index contributed by atoms with van der Waals surface area (Å²) in [6.07, 6.45) is 5.59. The molecular formula is C20H29N5O3. The summed E-state index contributed by atoms with van der Waals surface area (Å²) >= 11 is 0. The molecule has 0 N–H and O–H groups in total. The first-order valence-electron chi connectivity index (χ1n) is 10.1. The number of rotatable bonds is 2. The highest BCUT2D eigenvalue weighted by atomic mass is 16.6. The first kappa shape index (κ1) is 19.0. The number of amides is 1. The summed E-state index contributed by atoms with van der Waals surface area (Å²) in [7, 11) is 0. The maximum Gasteiger partial charge on any atom is 0.410 e. The van der Waals surface area contributed by atoms with E-state index in [1.54, 1.807) is 4.90 Å². The first-order valence-corrected chi connectivity index (χ1v) is 10.1. The van der Waals surface area contributed by atoms with Crippen LogP contribution in [0.2, 0.25) is 0 Å². The average Bonchev–Trinajstić information content (AvgIpc) is 3.25. The van der Waals surface area contributed by atoms with Gasteiger partial charge in [0.1, 0.15) is 11.4 Å². The molecule has 152 valence electrons. The molecule has 2 aliphatic rings. The molecule has 0 spiro atoms. The highest BCUT2D eigenvalue weighted by Crippen LogP contribution is 2.25. The zero-order valence-corrected chi connectivity index (χ0v) is 16.9. The van der Waals surface area contributed by atoms with Gasteiger partial charge in [0.2, 0.25) is 5.78 Å². The van der Waals surface area contributed by atoms with E-state index in [1.807, 2.05) is 31.4 Å². The molecule has 0 aliphatic carbocycles. The third-order valence-electron chi connectivity index (χ3n) is 5.20. The van der Waals surface area contributed by atoms with E-state index in [9.17, 15) is 4.79 Å². The number of aromatic nitrogens is 3. The van der Waals surface area contributed by atoms with Crippen molar-refractivity contribution in [3.63, 3.8) is 0 Å². The lowest BCUT2D eigenvalue weighted by Crippen LogP contribution is -2.39. The van der Waals surface area contributed by atoms with Crippen LogP contribution in [0.3, 0.4) is 0 Å². The van der Waals surface area contributed by atoms with Gasteiger partial charge in [0.15, 0.2) is 0 Å². The van der Waals surface area contributed by atoms with Gasteiger partial charge in [-0.3, -0.25) is 4.40 Å². The number of fused-ring (bicyclic) bond motifs is 1. The second-order valence-corrected chi connectivity index (χ2v) is 8.51. The maximum atomic E-state index is 12.4. The number of anilines is 1. The van der Waals surface area contributed by atoms with Crippen molar-refractivity contribution in [2.75, 3.05) is 44.3 Å². The summed E-state index contributed by atoms with van der Waals surface area (Å²) < 4.78 is 13.0. The van der Waals surface area contributed by atoms with Gasteiger partial charge in [-0.25, -0.2) is 14.8 Å². The Bertz CT molecular complexity index is 838. The molecule has 0 saturated carbocycles. The lowest BCUT2D eigenvalue weighted by molar-refractivity contribution is 0.0263. The highest BCUT2D eigenvalue weighted by Gasteiger charge is 2.26. The molecule has 1 amide bonds. The van der Waals surface area contributed by atoms with E-state index in [0.29, 0.717) is 24.8 Å². The standard InChI is InChI=1S/C20H29N5O3/c1-20(2,3)28-19(26)24-8-4-7-23(10-11-24)17-13-21-18-22-16(5-9-25(17)18)15-6-12-27-14-15/h5,9,13,15H,4,6-8,10-12,14H2,1-3H3. The molecule has 4 rings (SSSR count). The summed E-state index contributed by atoms with van der Waals surface area (Å²) in [5.74, 6) is 2.10. The van der Waals surface area contributed by atoms with Crippen LogP contribution in [0.4, 0.5) is 10.6 Å². The van der Waals surface area contributed by atoms with E-state index in [-0.39, 0.29) is 6.09 Å². The second kappa shape index (κ2) is 7.58. The number of carbonyl (C=O) groups excluding carboxylic acids is 1. The van der Waals surface area contributed by atoms with Gasteiger partial charge in [-0.15, -0.1) is 0 Å². The molecule has 28 heavy (non-hydrogen) atoms. The van der Waals surface area contributed by atoms with Gasteiger partial charge in [0.25, 0.3) is 0 Å². The molecule has 0 bridgehead atoms. The fourth-order valence-electron chi connectivity index (χ4n) is 3.76. The molecule has 2 aromatic heterocycles. The predicted molar refractivity (Wildman–Crippen MR) is 106 cm³/mol. The van der Waals surface area contributed by atoms with Crippen LogP contribution in [-0.4, -0.2) is 70.4 Å². The molecule has 2 saturated heterocycles. The molecule has 4 heterocycles. The quantitative estimate of drug-likeness (QED) is 0.789. The zero-order chi connectivity index (χ0) is 19.7. The number of hydrogen-bond donors (Lipinski definition) is 0. The van der Waals surface area contributed by atoms with Crippen LogP contribution in [0.15, 0.2) is 18.5 Å². The van der Waals surface area contributed by atoms with Gasteiger partial charge in [-0.2, -0.15) is 0 Å². The van der Waals surface area contributed by atoms with Gasteiger partial charge in [0.05, 0.1) is 18.5 Å². The topological polar surface area (TPSA) is 72.2 Å². The van der Waals surface area contributed by atoms with Crippen LogP contribution < -0.4 is 4.90 Å². The molecule has 0 aromatic carbocycles. The highest BCUT2D eigenvalue weighted by molar-refractivity contribution is 5.68. The Kier molecular flexibility index (Phi) is 5.14.